The van der Waals surface area contributed by atoms with Gasteiger partial charge in [-0.05, 0) is 19.4 Å². The lowest BCUT2D eigenvalue weighted by molar-refractivity contribution is -0.306. The first-order chi connectivity index (χ1) is 11.0. The summed E-state index contributed by atoms with van der Waals surface area (Å²) in [7, 11) is 0. The van der Waals surface area contributed by atoms with Gasteiger partial charge in [0.15, 0.2) is 0 Å². The van der Waals surface area contributed by atoms with Gasteiger partial charge in [-0.1, -0.05) is 30.3 Å². The Labute approximate surface area is 134 Å². The van der Waals surface area contributed by atoms with Crippen molar-refractivity contribution in [1.29, 1.82) is 0 Å². The zero-order chi connectivity index (χ0) is 17.0. The molecule has 1 heterocycles. The molecule has 0 radical (unpaired) electrons. The highest BCUT2D eigenvalue weighted by Gasteiger charge is 2.41. The van der Waals surface area contributed by atoms with Crippen LogP contribution in [0.5, 0.6) is 0 Å². The zero-order valence-corrected chi connectivity index (χ0v) is 13.1. The molecule has 2 rings (SSSR count). The highest BCUT2D eigenvalue weighted by Crippen LogP contribution is 2.33. The molecule has 0 aliphatic carbocycles. The summed E-state index contributed by atoms with van der Waals surface area (Å²) in [4.78, 5) is 37.0. The van der Waals surface area contributed by atoms with Crippen LogP contribution in [0, 0.1) is 5.92 Å². The fourth-order valence-electron chi connectivity index (χ4n) is 2.69. The number of amides is 1. The Morgan fingerprint density at radius 3 is 2.48 bits per heavy atom. The first-order valence-electron chi connectivity index (χ1n) is 7.38. The fourth-order valence-corrected chi connectivity index (χ4v) is 2.69. The highest BCUT2D eigenvalue weighted by atomic mass is 16.5. The zero-order valence-electron chi connectivity index (χ0n) is 13.1. The lowest BCUT2D eigenvalue weighted by atomic mass is 9.97. The second-order valence-electron chi connectivity index (χ2n) is 5.26. The van der Waals surface area contributed by atoms with Gasteiger partial charge in [-0.2, -0.15) is 0 Å². The smallest absolute Gasteiger partial charge is 0.336 e. The van der Waals surface area contributed by atoms with Crippen LogP contribution in [-0.4, -0.2) is 29.4 Å². The van der Waals surface area contributed by atoms with E-state index in [1.54, 1.807) is 13.8 Å². The molecule has 1 aliphatic rings. The molecule has 0 spiro atoms. The summed E-state index contributed by atoms with van der Waals surface area (Å²) in [5, 5.41) is 10.9. The van der Waals surface area contributed by atoms with Crippen molar-refractivity contribution in [3.63, 3.8) is 0 Å². The van der Waals surface area contributed by atoms with Gasteiger partial charge in [-0.15, -0.1) is 0 Å². The van der Waals surface area contributed by atoms with E-state index in [1.165, 1.54) is 4.90 Å². The van der Waals surface area contributed by atoms with Crippen LogP contribution in [0.3, 0.4) is 0 Å². The second kappa shape index (κ2) is 7.09. The van der Waals surface area contributed by atoms with E-state index in [4.69, 9.17) is 4.74 Å². The molecule has 1 aliphatic heterocycles. The van der Waals surface area contributed by atoms with E-state index < -0.39 is 30.2 Å². The number of esters is 1. The van der Waals surface area contributed by atoms with Gasteiger partial charge in [-0.25, -0.2) is 4.79 Å². The molecule has 1 amide bonds. The lowest BCUT2D eigenvalue weighted by Crippen LogP contribution is -2.33. The van der Waals surface area contributed by atoms with Crippen LogP contribution in [-0.2, 0) is 25.7 Å². The molecule has 6 nitrogen and oxygen atoms in total. The topological polar surface area (TPSA) is 86.7 Å². The van der Waals surface area contributed by atoms with E-state index in [1.807, 2.05) is 30.3 Å². The molecule has 23 heavy (non-hydrogen) atoms. The van der Waals surface area contributed by atoms with Gasteiger partial charge in [0.2, 0.25) is 5.91 Å². The van der Waals surface area contributed by atoms with Gasteiger partial charge in [0.25, 0.3) is 0 Å². The van der Waals surface area contributed by atoms with Crippen LogP contribution >= 0.6 is 0 Å². The fraction of sp³-hybridized carbons (Fsp3) is 0.353. The molecule has 1 aromatic rings. The van der Waals surface area contributed by atoms with Gasteiger partial charge in [0.05, 0.1) is 24.6 Å². The molecule has 0 aromatic heterocycles. The first kappa shape index (κ1) is 16.7. The molecule has 0 fully saturated rings. The average molecular weight is 316 g/mol. The summed E-state index contributed by atoms with van der Waals surface area (Å²) in [6.07, 6.45) is -0.532. The molecule has 6 heteroatoms. The Kier molecular flexibility index (Phi) is 5.16. The van der Waals surface area contributed by atoms with Crippen LogP contribution in [0.1, 0.15) is 25.8 Å². The number of ether oxygens (including phenoxy) is 1. The monoisotopic (exact) mass is 316 g/mol. The number of carbonyl (C=O) groups is 3. The van der Waals surface area contributed by atoms with Gasteiger partial charge in [-0.3, -0.25) is 4.79 Å². The van der Waals surface area contributed by atoms with Gasteiger partial charge in [0.1, 0.15) is 0 Å². The number of aliphatic carboxylic acids is 1. The Balaban J connectivity index is 2.34. The predicted molar refractivity (Wildman–Crippen MR) is 79.4 cm³/mol. The molecule has 1 unspecified atom stereocenters. The number of allylic oxidation sites excluding steroid dienone is 1. The van der Waals surface area contributed by atoms with E-state index >= 15 is 0 Å². The molecule has 0 saturated carbocycles. The predicted octanol–water partition coefficient (Wildman–Crippen LogP) is 0.622. The molecule has 0 bridgehead atoms. The summed E-state index contributed by atoms with van der Waals surface area (Å²) in [5.74, 6) is -3.50. The summed E-state index contributed by atoms with van der Waals surface area (Å²) in [5.41, 5.74) is 1.43. The normalized spacial score (nSPS) is 17.6. The Morgan fingerprint density at radius 2 is 1.91 bits per heavy atom. The molecule has 1 atom stereocenters. The van der Waals surface area contributed by atoms with Crippen molar-refractivity contribution in [1.82, 2.24) is 4.90 Å². The lowest BCUT2D eigenvalue weighted by Gasteiger charge is -2.19. The minimum absolute atomic E-state index is 0.108. The third-order valence-corrected chi connectivity index (χ3v) is 3.76. The van der Waals surface area contributed by atoms with Gasteiger partial charge in [0, 0.05) is 18.1 Å². The van der Waals surface area contributed by atoms with Gasteiger partial charge >= 0.3 is 5.97 Å². The highest BCUT2D eigenvalue weighted by molar-refractivity contribution is 6.03. The maximum absolute atomic E-state index is 12.6. The second-order valence-corrected chi connectivity index (χ2v) is 5.26. The summed E-state index contributed by atoms with van der Waals surface area (Å²) in [6, 6.07) is 9.27. The maximum Gasteiger partial charge on any atom is 0.336 e. The van der Waals surface area contributed by atoms with E-state index in [2.05, 4.69) is 0 Å². The summed E-state index contributed by atoms with van der Waals surface area (Å²) in [6.45, 7) is 3.71. The van der Waals surface area contributed by atoms with Crippen LogP contribution < -0.4 is 5.11 Å². The minimum atomic E-state index is -1.38. The van der Waals surface area contributed by atoms with Gasteiger partial charge < -0.3 is 19.5 Å². The Morgan fingerprint density at radius 1 is 1.26 bits per heavy atom. The molecule has 0 N–H and O–H groups in total. The van der Waals surface area contributed by atoms with E-state index in [0.717, 1.165) is 5.56 Å². The quantitative estimate of drug-likeness (QED) is 0.718. The molecule has 122 valence electrons. The van der Waals surface area contributed by atoms with E-state index in [9.17, 15) is 19.5 Å². The number of rotatable bonds is 6. The van der Waals surface area contributed by atoms with Crippen LogP contribution in [0.15, 0.2) is 41.6 Å². The van der Waals surface area contributed by atoms with Crippen molar-refractivity contribution >= 4 is 17.8 Å². The summed E-state index contributed by atoms with van der Waals surface area (Å²) < 4.78 is 4.97. The average Bonchev–Trinajstić information content (AvgIpc) is 2.73. The molecule has 0 saturated heterocycles. The third kappa shape index (κ3) is 3.59. The number of carboxylic acids is 1. The van der Waals surface area contributed by atoms with Crippen molar-refractivity contribution in [2.24, 2.45) is 5.92 Å². The number of carboxylic acid groups (broad SMARTS) is 1. The Bertz CT molecular complexity index is 650. The van der Waals surface area contributed by atoms with Crippen molar-refractivity contribution < 1.29 is 24.2 Å². The van der Waals surface area contributed by atoms with Crippen molar-refractivity contribution in [3.05, 3.63) is 47.2 Å². The standard InChI is InChI=1S/C17H19NO5/c1-3-23-17(22)15-11(2)18(10-12-7-5-4-6-8-12)16(21)13(15)9-14(19)20/h4-8,13H,3,9-10H2,1-2H3,(H,19,20)/p-1. The van der Waals surface area contributed by atoms with E-state index in [0.29, 0.717) is 5.70 Å². The van der Waals surface area contributed by atoms with E-state index in [-0.39, 0.29) is 18.7 Å². The van der Waals surface area contributed by atoms with Crippen molar-refractivity contribution in [2.45, 2.75) is 26.8 Å². The van der Waals surface area contributed by atoms with Crippen molar-refractivity contribution in [2.75, 3.05) is 6.61 Å². The SMILES string of the molecule is CCOC(=O)C1=C(C)N(Cc2ccccc2)C(=O)C1CC(=O)[O-]. The third-order valence-electron chi connectivity index (χ3n) is 3.76. The molecular formula is C17H18NO5-. The number of benzene rings is 1. The van der Waals surface area contributed by atoms with Crippen LogP contribution in [0.25, 0.3) is 0 Å². The molecular weight excluding hydrogens is 298 g/mol. The minimum Gasteiger partial charge on any atom is -0.550 e. The largest absolute Gasteiger partial charge is 0.550 e. The van der Waals surface area contributed by atoms with Crippen LogP contribution in [0.2, 0.25) is 0 Å². The maximum atomic E-state index is 12.6. The van der Waals surface area contributed by atoms with Crippen molar-refractivity contribution in [3.8, 4) is 0 Å². The summed E-state index contributed by atoms with van der Waals surface area (Å²) >= 11 is 0. The number of carbonyl (C=O) groups excluding carboxylic acids is 3. The Hall–Kier alpha value is -2.63. The van der Waals surface area contributed by atoms with Crippen LogP contribution in [0.4, 0.5) is 0 Å². The number of hydrogen-bond acceptors (Lipinski definition) is 5. The first-order valence-corrected chi connectivity index (χ1v) is 7.38. The molecule has 1 aromatic carbocycles. The number of hydrogen-bond donors (Lipinski definition) is 0. The number of nitrogens with zero attached hydrogens (tertiary/aromatic N) is 1.